The third-order valence-corrected chi connectivity index (χ3v) is 5.87. The van der Waals surface area contributed by atoms with Crippen molar-refractivity contribution in [1.82, 2.24) is 29.0 Å². The number of hydrogen-bond donors (Lipinski definition) is 0. The number of anilines is 1. The number of rotatable bonds is 5. The van der Waals surface area contributed by atoms with Gasteiger partial charge in [0, 0.05) is 56.9 Å². The lowest BCUT2D eigenvalue weighted by Crippen LogP contribution is -2.45. The molecule has 3 aromatic rings. The zero-order valence-corrected chi connectivity index (χ0v) is 19.2. The van der Waals surface area contributed by atoms with Gasteiger partial charge in [-0.25, -0.2) is 19.7 Å². The average molecular weight is 454 g/mol. The summed E-state index contributed by atoms with van der Waals surface area (Å²) in [6, 6.07) is 1.33. The molecular weight excluding hydrogens is 426 g/mol. The summed E-state index contributed by atoms with van der Waals surface area (Å²) in [5, 5.41) is 0. The van der Waals surface area contributed by atoms with Crippen LogP contribution in [0.15, 0.2) is 34.2 Å². The van der Waals surface area contributed by atoms with Crippen LogP contribution < -0.4 is 16.0 Å². The van der Waals surface area contributed by atoms with Crippen LogP contribution in [-0.4, -0.2) is 69.3 Å². The summed E-state index contributed by atoms with van der Waals surface area (Å²) in [6.07, 6.45) is 6.29. The Morgan fingerprint density at radius 2 is 1.76 bits per heavy atom. The first-order valence-electron chi connectivity index (χ1n) is 10.7. The number of carbonyl (C=O) groups excluding carboxylic acids is 1. The highest BCUT2D eigenvalue weighted by atomic mass is 16.5. The van der Waals surface area contributed by atoms with Crippen molar-refractivity contribution in [3.63, 3.8) is 0 Å². The zero-order chi connectivity index (χ0) is 23.7. The van der Waals surface area contributed by atoms with Crippen LogP contribution in [0, 0.1) is 0 Å². The highest BCUT2D eigenvalue weighted by molar-refractivity contribution is 5.92. The number of methoxy groups -OCH3 is 1. The molecule has 33 heavy (non-hydrogen) atoms. The van der Waals surface area contributed by atoms with Gasteiger partial charge in [0.2, 0.25) is 5.95 Å². The molecule has 1 fully saturated rings. The summed E-state index contributed by atoms with van der Waals surface area (Å²) in [5.41, 5.74) is 0.755. The number of carbonyl (C=O) groups is 1. The number of aryl methyl sites for hydroxylation is 1. The summed E-state index contributed by atoms with van der Waals surface area (Å²) >= 11 is 0. The maximum atomic E-state index is 12.9. The normalized spacial score (nSPS) is 14.8. The fraction of sp³-hybridized carbons (Fsp3) is 0.455. The van der Waals surface area contributed by atoms with Crippen LogP contribution in [0.1, 0.15) is 34.8 Å². The Hall–Kier alpha value is -3.60. The van der Waals surface area contributed by atoms with Crippen molar-refractivity contribution in [3.8, 4) is 0 Å². The Kier molecular flexibility index (Phi) is 6.23. The van der Waals surface area contributed by atoms with Crippen LogP contribution >= 0.6 is 0 Å². The fourth-order valence-electron chi connectivity index (χ4n) is 4.18. The van der Waals surface area contributed by atoms with Gasteiger partial charge in [-0.2, -0.15) is 0 Å². The predicted octanol–water partition coefficient (Wildman–Crippen LogP) is 0.575. The van der Waals surface area contributed by atoms with Crippen LogP contribution in [0.3, 0.4) is 0 Å². The van der Waals surface area contributed by atoms with Crippen LogP contribution in [0.5, 0.6) is 0 Å². The minimum atomic E-state index is -0.659. The van der Waals surface area contributed by atoms with Crippen molar-refractivity contribution in [2.45, 2.75) is 25.4 Å². The van der Waals surface area contributed by atoms with Gasteiger partial charge in [-0.3, -0.25) is 14.2 Å². The molecule has 0 N–H and O–H groups in total. The molecule has 4 heterocycles. The molecule has 0 atom stereocenters. The SMILES string of the molecule is COC(=O)c1cnc2c(c1)n(C)c(=O)c(=O)n2C1CCN(c2ncc(CN(C)C)cn2)CC1. The number of piperidine rings is 1. The largest absolute Gasteiger partial charge is 0.465 e. The molecule has 0 aliphatic carbocycles. The van der Waals surface area contributed by atoms with E-state index in [2.05, 4.69) is 24.8 Å². The monoisotopic (exact) mass is 453 g/mol. The minimum Gasteiger partial charge on any atom is -0.465 e. The highest BCUT2D eigenvalue weighted by Crippen LogP contribution is 2.26. The van der Waals surface area contributed by atoms with Gasteiger partial charge < -0.3 is 19.1 Å². The van der Waals surface area contributed by atoms with Crippen molar-refractivity contribution >= 4 is 23.1 Å². The van der Waals surface area contributed by atoms with Crippen molar-refractivity contribution < 1.29 is 9.53 Å². The van der Waals surface area contributed by atoms with Gasteiger partial charge in [0.05, 0.1) is 18.2 Å². The molecule has 3 aromatic heterocycles. The summed E-state index contributed by atoms with van der Waals surface area (Å²) < 4.78 is 7.45. The average Bonchev–Trinajstić information content (AvgIpc) is 2.82. The molecule has 1 aliphatic rings. The lowest BCUT2D eigenvalue weighted by Gasteiger charge is -2.33. The molecule has 4 rings (SSSR count). The summed E-state index contributed by atoms with van der Waals surface area (Å²) in [4.78, 5) is 54.9. The molecule has 174 valence electrons. The number of fused-ring (bicyclic) bond motifs is 1. The highest BCUT2D eigenvalue weighted by Gasteiger charge is 2.26. The molecule has 0 spiro atoms. The summed E-state index contributed by atoms with van der Waals surface area (Å²) in [5.74, 6) is 0.0949. The number of esters is 1. The first-order chi connectivity index (χ1) is 15.8. The molecule has 1 saturated heterocycles. The molecule has 1 aliphatic heterocycles. The van der Waals surface area contributed by atoms with Crippen molar-refractivity contribution in [3.05, 3.63) is 56.5 Å². The van der Waals surface area contributed by atoms with E-state index in [9.17, 15) is 14.4 Å². The lowest BCUT2D eigenvalue weighted by molar-refractivity contribution is 0.0600. The fourth-order valence-corrected chi connectivity index (χ4v) is 4.18. The second-order valence-corrected chi connectivity index (χ2v) is 8.44. The molecule has 0 bridgehead atoms. The number of pyridine rings is 1. The third-order valence-electron chi connectivity index (χ3n) is 5.87. The van der Waals surface area contributed by atoms with E-state index in [0.717, 1.165) is 12.1 Å². The van der Waals surface area contributed by atoms with E-state index in [1.807, 2.05) is 26.5 Å². The maximum Gasteiger partial charge on any atom is 0.339 e. The van der Waals surface area contributed by atoms with Crippen molar-refractivity contribution in [2.75, 3.05) is 39.2 Å². The summed E-state index contributed by atoms with van der Waals surface area (Å²) in [7, 11) is 6.76. The van der Waals surface area contributed by atoms with E-state index in [1.165, 1.54) is 35.6 Å². The van der Waals surface area contributed by atoms with E-state index in [1.54, 1.807) is 0 Å². The Labute approximate surface area is 190 Å². The Morgan fingerprint density at radius 1 is 1.09 bits per heavy atom. The van der Waals surface area contributed by atoms with E-state index in [0.29, 0.717) is 43.0 Å². The van der Waals surface area contributed by atoms with Gasteiger partial charge >= 0.3 is 17.1 Å². The molecule has 11 nitrogen and oxygen atoms in total. The van der Waals surface area contributed by atoms with Crippen molar-refractivity contribution in [1.29, 1.82) is 0 Å². The number of aromatic nitrogens is 5. The van der Waals surface area contributed by atoms with Crippen LogP contribution in [0.2, 0.25) is 0 Å². The van der Waals surface area contributed by atoms with Gasteiger partial charge in [0.25, 0.3) is 0 Å². The molecular formula is C22H27N7O4. The van der Waals surface area contributed by atoms with E-state index in [-0.39, 0.29) is 11.6 Å². The quantitative estimate of drug-likeness (QED) is 0.404. The number of nitrogens with zero attached hydrogens (tertiary/aromatic N) is 7. The van der Waals surface area contributed by atoms with E-state index < -0.39 is 17.1 Å². The predicted molar refractivity (Wildman–Crippen MR) is 122 cm³/mol. The van der Waals surface area contributed by atoms with Crippen LogP contribution in [0.4, 0.5) is 5.95 Å². The lowest BCUT2D eigenvalue weighted by atomic mass is 10.0. The third kappa shape index (κ3) is 4.36. The molecule has 0 unspecified atom stereocenters. The number of ether oxygens (including phenoxy) is 1. The van der Waals surface area contributed by atoms with Crippen LogP contribution in [-0.2, 0) is 18.3 Å². The standard InChI is InChI=1S/C22H27N7O4/c1-26(2)13-14-10-24-22(25-11-14)28-7-5-16(6-8-28)29-18-17(27(3)19(30)20(29)31)9-15(12-23-18)21(32)33-4/h9-12,16H,5-8,13H2,1-4H3. The summed E-state index contributed by atoms with van der Waals surface area (Å²) in [6.45, 7) is 2.05. The van der Waals surface area contributed by atoms with Gasteiger partial charge in [0.15, 0.2) is 5.65 Å². The second-order valence-electron chi connectivity index (χ2n) is 8.44. The Bertz CT molecular complexity index is 1290. The molecule has 0 saturated carbocycles. The first-order valence-corrected chi connectivity index (χ1v) is 10.7. The number of hydrogen-bond acceptors (Lipinski definition) is 9. The Balaban J connectivity index is 1.61. The molecule has 0 amide bonds. The zero-order valence-electron chi connectivity index (χ0n) is 19.2. The minimum absolute atomic E-state index is 0.199. The first kappa shape index (κ1) is 22.6. The van der Waals surface area contributed by atoms with Gasteiger partial charge in [-0.05, 0) is 33.0 Å². The maximum absolute atomic E-state index is 12.9. The van der Waals surface area contributed by atoms with E-state index >= 15 is 0 Å². The van der Waals surface area contributed by atoms with Crippen LogP contribution in [0.25, 0.3) is 11.2 Å². The van der Waals surface area contributed by atoms with Gasteiger partial charge in [-0.1, -0.05) is 0 Å². The second kappa shape index (κ2) is 9.10. The topological polar surface area (TPSA) is 115 Å². The van der Waals surface area contributed by atoms with Gasteiger partial charge in [-0.15, -0.1) is 0 Å². The smallest absolute Gasteiger partial charge is 0.339 e. The van der Waals surface area contributed by atoms with Gasteiger partial charge in [0.1, 0.15) is 0 Å². The molecule has 11 heteroatoms. The Morgan fingerprint density at radius 3 is 2.36 bits per heavy atom. The van der Waals surface area contributed by atoms with Crippen molar-refractivity contribution in [2.24, 2.45) is 7.05 Å². The van der Waals surface area contributed by atoms with E-state index in [4.69, 9.17) is 4.74 Å². The molecule has 0 aromatic carbocycles. The molecule has 0 radical (unpaired) electrons.